The fourth-order valence-electron chi connectivity index (χ4n) is 3.31. The average Bonchev–Trinajstić information content (AvgIpc) is 2.29. The molecule has 1 fully saturated rings. The summed E-state index contributed by atoms with van der Waals surface area (Å²) in [4.78, 5) is 0. The van der Waals surface area contributed by atoms with E-state index >= 15 is 0 Å². The lowest BCUT2D eigenvalue weighted by atomic mass is 9.71. The summed E-state index contributed by atoms with van der Waals surface area (Å²) >= 11 is 0. The normalized spacial score (nSPS) is 53.8. The maximum Gasteiger partial charge on any atom is -0.00497 e. The van der Waals surface area contributed by atoms with Crippen LogP contribution in [0.1, 0.15) is 27.7 Å². The van der Waals surface area contributed by atoms with E-state index in [-0.39, 0.29) is 0 Å². The third-order valence-corrected chi connectivity index (χ3v) is 4.77. The first-order valence-corrected chi connectivity index (χ1v) is 5.43. The highest BCUT2D eigenvalue weighted by atomic mass is 14.5. The number of allylic oxidation sites excluding steroid dienone is 4. The molecule has 0 heterocycles. The van der Waals surface area contributed by atoms with Crippen LogP contribution in [-0.4, -0.2) is 0 Å². The van der Waals surface area contributed by atoms with E-state index in [0.717, 1.165) is 23.7 Å². The predicted octanol–water partition coefficient (Wildman–Crippen LogP) is 3.66. The maximum absolute atomic E-state index is 2.42. The highest BCUT2D eigenvalue weighted by Crippen LogP contribution is 2.56. The van der Waals surface area contributed by atoms with E-state index in [1.54, 1.807) is 0 Å². The van der Waals surface area contributed by atoms with Crippen LogP contribution in [0.3, 0.4) is 0 Å². The van der Waals surface area contributed by atoms with E-state index in [0.29, 0.717) is 5.41 Å². The summed E-state index contributed by atoms with van der Waals surface area (Å²) in [5, 5.41) is 0. The van der Waals surface area contributed by atoms with E-state index in [4.69, 9.17) is 0 Å². The van der Waals surface area contributed by atoms with Crippen molar-refractivity contribution in [3.63, 3.8) is 0 Å². The molecule has 2 aliphatic rings. The lowest BCUT2D eigenvalue weighted by Crippen LogP contribution is -2.26. The van der Waals surface area contributed by atoms with Gasteiger partial charge < -0.3 is 0 Å². The molecule has 0 bridgehead atoms. The summed E-state index contributed by atoms with van der Waals surface area (Å²) in [7, 11) is 0. The standard InChI is InChI=1S/C13H20/c1-9-10(2)12-7-5-6-8-13(12,4)11(9)3/h5-12H,1-4H3. The molecule has 0 aromatic rings. The van der Waals surface area contributed by atoms with E-state index in [1.165, 1.54) is 0 Å². The number of fused-ring (bicyclic) bond motifs is 1. The molecule has 72 valence electrons. The number of hydrogen-bond acceptors (Lipinski definition) is 0. The molecule has 2 rings (SSSR count). The van der Waals surface area contributed by atoms with Gasteiger partial charge in [-0.15, -0.1) is 0 Å². The predicted molar refractivity (Wildman–Crippen MR) is 57.4 cm³/mol. The minimum absolute atomic E-state index is 0.424. The van der Waals surface area contributed by atoms with Crippen molar-refractivity contribution in [2.75, 3.05) is 0 Å². The zero-order valence-electron chi connectivity index (χ0n) is 9.12. The molecule has 0 aromatic heterocycles. The smallest absolute Gasteiger partial charge is 0.00497 e. The first kappa shape index (κ1) is 9.05. The van der Waals surface area contributed by atoms with Crippen molar-refractivity contribution in [2.45, 2.75) is 27.7 Å². The molecule has 1 saturated carbocycles. The van der Waals surface area contributed by atoms with Crippen LogP contribution in [-0.2, 0) is 0 Å². The van der Waals surface area contributed by atoms with Crippen LogP contribution in [0, 0.1) is 29.1 Å². The molecule has 13 heavy (non-hydrogen) atoms. The summed E-state index contributed by atoms with van der Waals surface area (Å²) in [6.45, 7) is 9.63. The van der Waals surface area contributed by atoms with Crippen molar-refractivity contribution in [1.82, 2.24) is 0 Å². The molecule has 0 aromatic carbocycles. The fraction of sp³-hybridized carbons (Fsp3) is 0.692. The molecule has 0 amide bonds. The Kier molecular flexibility index (Phi) is 1.90. The van der Waals surface area contributed by atoms with Crippen LogP contribution in [0.15, 0.2) is 24.3 Å². The van der Waals surface area contributed by atoms with Gasteiger partial charge in [-0.3, -0.25) is 0 Å². The minimum Gasteiger partial charge on any atom is -0.0803 e. The Morgan fingerprint density at radius 3 is 2.31 bits per heavy atom. The molecule has 5 unspecified atom stereocenters. The van der Waals surface area contributed by atoms with Gasteiger partial charge in [-0.1, -0.05) is 52.0 Å². The summed E-state index contributed by atoms with van der Waals surface area (Å²) in [6.07, 6.45) is 9.26. The second-order valence-electron chi connectivity index (χ2n) is 5.14. The van der Waals surface area contributed by atoms with Gasteiger partial charge in [-0.05, 0) is 29.1 Å². The van der Waals surface area contributed by atoms with Crippen molar-refractivity contribution in [3.8, 4) is 0 Å². The first-order valence-electron chi connectivity index (χ1n) is 5.43. The van der Waals surface area contributed by atoms with E-state index in [1.807, 2.05) is 0 Å². The van der Waals surface area contributed by atoms with Gasteiger partial charge in [0.2, 0.25) is 0 Å². The average molecular weight is 176 g/mol. The van der Waals surface area contributed by atoms with Crippen molar-refractivity contribution in [1.29, 1.82) is 0 Å². The third-order valence-electron chi connectivity index (χ3n) is 4.77. The number of hydrogen-bond donors (Lipinski definition) is 0. The molecule has 0 radical (unpaired) electrons. The highest BCUT2D eigenvalue weighted by Gasteiger charge is 2.50. The summed E-state index contributed by atoms with van der Waals surface area (Å²) in [6, 6.07) is 0. The van der Waals surface area contributed by atoms with Gasteiger partial charge in [0, 0.05) is 0 Å². The Labute approximate surface area is 81.7 Å². The lowest BCUT2D eigenvalue weighted by molar-refractivity contribution is 0.254. The molecule has 0 N–H and O–H groups in total. The summed E-state index contributed by atoms with van der Waals surface area (Å²) < 4.78 is 0. The molecule has 0 spiro atoms. The quantitative estimate of drug-likeness (QED) is 0.528. The van der Waals surface area contributed by atoms with Gasteiger partial charge in [0.25, 0.3) is 0 Å². The Bertz CT molecular complexity index is 261. The maximum atomic E-state index is 2.42. The molecule has 5 atom stereocenters. The molecule has 0 saturated heterocycles. The van der Waals surface area contributed by atoms with Crippen LogP contribution < -0.4 is 0 Å². The van der Waals surface area contributed by atoms with E-state index < -0.39 is 0 Å². The van der Waals surface area contributed by atoms with Crippen molar-refractivity contribution < 1.29 is 0 Å². The molecule has 2 aliphatic carbocycles. The second kappa shape index (κ2) is 2.73. The molecule has 0 nitrogen and oxygen atoms in total. The largest absolute Gasteiger partial charge is 0.0803 e. The van der Waals surface area contributed by atoms with Crippen LogP contribution in [0.4, 0.5) is 0 Å². The van der Waals surface area contributed by atoms with Gasteiger partial charge in [-0.25, -0.2) is 0 Å². The van der Waals surface area contributed by atoms with Crippen LogP contribution in [0.2, 0.25) is 0 Å². The zero-order valence-corrected chi connectivity index (χ0v) is 9.12. The van der Waals surface area contributed by atoms with Crippen LogP contribution in [0.25, 0.3) is 0 Å². The van der Waals surface area contributed by atoms with Crippen molar-refractivity contribution in [3.05, 3.63) is 24.3 Å². The van der Waals surface area contributed by atoms with Crippen molar-refractivity contribution >= 4 is 0 Å². The second-order valence-corrected chi connectivity index (χ2v) is 5.14. The zero-order chi connectivity index (χ0) is 9.64. The summed E-state index contributed by atoms with van der Waals surface area (Å²) in [5.74, 6) is 3.26. The first-order chi connectivity index (χ1) is 6.07. The van der Waals surface area contributed by atoms with Crippen molar-refractivity contribution in [2.24, 2.45) is 29.1 Å². The third kappa shape index (κ3) is 1.04. The number of rotatable bonds is 0. The van der Waals surface area contributed by atoms with Gasteiger partial charge >= 0.3 is 0 Å². The minimum atomic E-state index is 0.424. The molecule has 0 heteroatoms. The fourth-order valence-corrected chi connectivity index (χ4v) is 3.31. The van der Waals surface area contributed by atoms with Crippen LogP contribution in [0.5, 0.6) is 0 Å². The van der Waals surface area contributed by atoms with Crippen LogP contribution >= 0.6 is 0 Å². The Hall–Kier alpha value is -0.520. The van der Waals surface area contributed by atoms with E-state index in [9.17, 15) is 0 Å². The Balaban J connectivity index is 2.40. The van der Waals surface area contributed by atoms with Gasteiger partial charge in [0.05, 0.1) is 0 Å². The Morgan fingerprint density at radius 1 is 1.00 bits per heavy atom. The lowest BCUT2D eigenvalue weighted by Gasteiger charge is -2.33. The molecular formula is C13H20. The highest BCUT2D eigenvalue weighted by molar-refractivity contribution is 5.24. The monoisotopic (exact) mass is 176 g/mol. The molecular weight excluding hydrogens is 156 g/mol. The van der Waals surface area contributed by atoms with Gasteiger partial charge in [0.1, 0.15) is 0 Å². The van der Waals surface area contributed by atoms with Gasteiger partial charge in [-0.2, -0.15) is 0 Å². The Morgan fingerprint density at radius 2 is 1.69 bits per heavy atom. The SMILES string of the molecule is CC1C(C)C2C=CC=CC2(C)C1C. The van der Waals surface area contributed by atoms with Gasteiger partial charge in [0.15, 0.2) is 0 Å². The topological polar surface area (TPSA) is 0 Å². The summed E-state index contributed by atoms with van der Waals surface area (Å²) in [5.41, 5.74) is 0.424. The van der Waals surface area contributed by atoms with E-state index in [2.05, 4.69) is 52.0 Å². The molecule has 0 aliphatic heterocycles.